The molecular formula is C22H24N4O4S. The third-order valence-corrected chi connectivity index (χ3v) is 6.55. The van der Waals surface area contributed by atoms with Gasteiger partial charge in [-0.05, 0) is 43.3 Å². The third kappa shape index (κ3) is 5.12. The molecule has 3 aromatic rings. The SMILES string of the molecule is Cc1cc(CN2CCN(C(=O)c3ccc(S(=O)(=O)Nc4ccccc4)cc3)CC2)on1. The summed E-state index contributed by atoms with van der Waals surface area (Å²) in [6.45, 7) is 5.22. The number of aromatic nitrogens is 1. The number of hydrogen-bond donors (Lipinski definition) is 1. The van der Waals surface area contributed by atoms with Gasteiger partial charge in [-0.1, -0.05) is 23.4 Å². The average Bonchev–Trinajstić information content (AvgIpc) is 3.19. The van der Waals surface area contributed by atoms with Crippen LogP contribution in [0.15, 0.2) is 70.1 Å². The normalized spacial score (nSPS) is 15.1. The van der Waals surface area contributed by atoms with E-state index in [9.17, 15) is 13.2 Å². The summed E-state index contributed by atoms with van der Waals surface area (Å²) >= 11 is 0. The van der Waals surface area contributed by atoms with E-state index < -0.39 is 10.0 Å². The Morgan fingerprint density at radius 2 is 1.71 bits per heavy atom. The molecule has 1 aliphatic heterocycles. The molecule has 1 N–H and O–H groups in total. The van der Waals surface area contributed by atoms with Crippen LogP contribution < -0.4 is 4.72 Å². The number of nitrogens with zero attached hydrogens (tertiary/aromatic N) is 3. The minimum atomic E-state index is -3.71. The van der Waals surface area contributed by atoms with Crippen molar-refractivity contribution in [2.75, 3.05) is 30.9 Å². The van der Waals surface area contributed by atoms with Crippen molar-refractivity contribution in [2.24, 2.45) is 0 Å². The summed E-state index contributed by atoms with van der Waals surface area (Å²) in [7, 11) is -3.71. The van der Waals surface area contributed by atoms with E-state index in [4.69, 9.17) is 4.52 Å². The van der Waals surface area contributed by atoms with Crippen LogP contribution in [0.4, 0.5) is 5.69 Å². The number of piperazine rings is 1. The van der Waals surface area contributed by atoms with Crippen molar-refractivity contribution in [3.8, 4) is 0 Å². The van der Waals surface area contributed by atoms with Crippen LogP contribution in [0.5, 0.6) is 0 Å². The predicted molar refractivity (Wildman–Crippen MR) is 116 cm³/mol. The molecule has 0 saturated carbocycles. The number of nitrogens with one attached hydrogen (secondary N) is 1. The molecule has 0 radical (unpaired) electrons. The summed E-state index contributed by atoms with van der Waals surface area (Å²) in [5.74, 6) is 0.716. The number of carbonyl (C=O) groups excluding carboxylic acids is 1. The van der Waals surface area contributed by atoms with Crippen LogP contribution in [0.3, 0.4) is 0 Å². The smallest absolute Gasteiger partial charge is 0.261 e. The third-order valence-electron chi connectivity index (χ3n) is 5.15. The van der Waals surface area contributed by atoms with Gasteiger partial charge in [0.2, 0.25) is 0 Å². The molecule has 0 atom stereocenters. The Balaban J connectivity index is 1.35. The van der Waals surface area contributed by atoms with Gasteiger partial charge >= 0.3 is 0 Å². The fraction of sp³-hybridized carbons (Fsp3) is 0.273. The molecule has 0 spiro atoms. The number of sulfonamides is 1. The maximum Gasteiger partial charge on any atom is 0.261 e. The summed E-state index contributed by atoms with van der Waals surface area (Å²) in [5.41, 5.74) is 1.81. The summed E-state index contributed by atoms with van der Waals surface area (Å²) < 4.78 is 32.9. The molecule has 0 unspecified atom stereocenters. The van der Waals surface area contributed by atoms with E-state index in [0.29, 0.717) is 30.9 Å². The molecule has 31 heavy (non-hydrogen) atoms. The van der Waals surface area contributed by atoms with Crippen molar-refractivity contribution >= 4 is 21.6 Å². The number of aryl methyl sites for hydroxylation is 1. The van der Waals surface area contributed by atoms with E-state index in [0.717, 1.165) is 24.5 Å². The van der Waals surface area contributed by atoms with Crippen LogP contribution in [0, 0.1) is 6.92 Å². The van der Waals surface area contributed by atoms with Gasteiger partial charge in [0.1, 0.15) is 0 Å². The fourth-order valence-electron chi connectivity index (χ4n) is 3.50. The van der Waals surface area contributed by atoms with E-state index in [-0.39, 0.29) is 10.8 Å². The number of amides is 1. The second kappa shape index (κ2) is 8.91. The highest BCUT2D eigenvalue weighted by atomic mass is 32.2. The van der Waals surface area contributed by atoms with E-state index >= 15 is 0 Å². The first-order valence-electron chi connectivity index (χ1n) is 10.0. The minimum Gasteiger partial charge on any atom is -0.360 e. The van der Waals surface area contributed by atoms with E-state index in [2.05, 4.69) is 14.8 Å². The standard InChI is InChI=1S/C22H24N4O4S/c1-17-15-20(30-23-17)16-25-11-13-26(14-12-25)22(27)18-7-9-21(10-8-18)31(28,29)24-19-5-3-2-4-6-19/h2-10,15,24H,11-14,16H2,1H3. The molecule has 0 aliphatic carbocycles. The molecule has 2 heterocycles. The lowest BCUT2D eigenvalue weighted by Crippen LogP contribution is -2.48. The highest BCUT2D eigenvalue weighted by Gasteiger charge is 2.23. The van der Waals surface area contributed by atoms with Crippen molar-refractivity contribution in [2.45, 2.75) is 18.4 Å². The monoisotopic (exact) mass is 440 g/mol. The van der Waals surface area contributed by atoms with Crippen molar-refractivity contribution in [3.63, 3.8) is 0 Å². The van der Waals surface area contributed by atoms with Crippen molar-refractivity contribution in [1.82, 2.24) is 15.0 Å². The molecule has 1 aromatic heterocycles. The van der Waals surface area contributed by atoms with Crippen molar-refractivity contribution in [3.05, 3.63) is 77.7 Å². The molecular weight excluding hydrogens is 416 g/mol. The lowest BCUT2D eigenvalue weighted by Gasteiger charge is -2.34. The first kappa shape index (κ1) is 21.1. The zero-order valence-corrected chi connectivity index (χ0v) is 18.0. The molecule has 1 fully saturated rings. The first-order chi connectivity index (χ1) is 14.9. The van der Waals surface area contributed by atoms with Gasteiger partial charge in [-0.25, -0.2) is 8.42 Å². The molecule has 9 heteroatoms. The molecule has 1 aliphatic rings. The zero-order chi connectivity index (χ0) is 21.8. The van der Waals surface area contributed by atoms with Crippen molar-refractivity contribution < 1.29 is 17.7 Å². The molecule has 0 bridgehead atoms. The van der Waals surface area contributed by atoms with Gasteiger partial charge in [0.25, 0.3) is 15.9 Å². The van der Waals surface area contributed by atoms with Crippen LogP contribution >= 0.6 is 0 Å². The van der Waals surface area contributed by atoms with Gasteiger partial charge in [-0.3, -0.25) is 14.4 Å². The van der Waals surface area contributed by atoms with Gasteiger partial charge in [0, 0.05) is 43.5 Å². The number of para-hydroxylation sites is 1. The lowest BCUT2D eigenvalue weighted by atomic mass is 10.2. The molecule has 1 saturated heterocycles. The fourth-order valence-corrected chi connectivity index (χ4v) is 4.56. The Kier molecular flexibility index (Phi) is 6.06. The van der Waals surface area contributed by atoms with E-state index in [1.54, 1.807) is 41.3 Å². The molecule has 4 rings (SSSR count). The van der Waals surface area contributed by atoms with Crippen molar-refractivity contribution in [1.29, 1.82) is 0 Å². The predicted octanol–water partition coefficient (Wildman–Crippen LogP) is 2.74. The van der Waals surface area contributed by atoms with E-state index in [1.165, 1.54) is 12.1 Å². The summed E-state index contributed by atoms with van der Waals surface area (Å²) in [6, 6.07) is 16.6. The van der Waals surface area contributed by atoms with Crippen LogP contribution in [0.25, 0.3) is 0 Å². The van der Waals surface area contributed by atoms with Gasteiger partial charge in [0.05, 0.1) is 17.1 Å². The molecule has 2 aromatic carbocycles. The number of benzene rings is 2. The van der Waals surface area contributed by atoms with Gasteiger partial charge in [-0.15, -0.1) is 0 Å². The molecule has 1 amide bonds. The Bertz CT molecular complexity index is 1140. The lowest BCUT2D eigenvalue weighted by molar-refractivity contribution is 0.0617. The largest absolute Gasteiger partial charge is 0.360 e. The number of rotatable bonds is 6. The van der Waals surface area contributed by atoms with Crippen LogP contribution in [0.2, 0.25) is 0 Å². The quantitative estimate of drug-likeness (QED) is 0.633. The number of hydrogen-bond acceptors (Lipinski definition) is 6. The van der Waals surface area contributed by atoms with Gasteiger partial charge < -0.3 is 9.42 Å². The van der Waals surface area contributed by atoms with E-state index in [1.807, 2.05) is 19.1 Å². The maximum absolute atomic E-state index is 12.8. The topological polar surface area (TPSA) is 95.8 Å². The van der Waals surface area contributed by atoms with Crippen LogP contribution in [0.1, 0.15) is 21.8 Å². The Morgan fingerprint density at radius 3 is 2.32 bits per heavy atom. The van der Waals surface area contributed by atoms with Crippen LogP contribution in [-0.2, 0) is 16.6 Å². The second-order valence-corrected chi connectivity index (χ2v) is 9.18. The summed E-state index contributed by atoms with van der Waals surface area (Å²) in [5, 5.41) is 3.90. The van der Waals surface area contributed by atoms with Crippen LogP contribution in [-0.4, -0.2) is 55.5 Å². The second-order valence-electron chi connectivity index (χ2n) is 7.50. The highest BCUT2D eigenvalue weighted by molar-refractivity contribution is 7.92. The Hall–Kier alpha value is -3.17. The molecule has 8 nitrogen and oxygen atoms in total. The first-order valence-corrected chi connectivity index (χ1v) is 11.5. The average molecular weight is 441 g/mol. The summed E-state index contributed by atoms with van der Waals surface area (Å²) in [6.07, 6.45) is 0. The number of carbonyl (C=O) groups is 1. The zero-order valence-electron chi connectivity index (χ0n) is 17.2. The highest BCUT2D eigenvalue weighted by Crippen LogP contribution is 2.18. The Labute approximate surface area is 181 Å². The molecule has 162 valence electrons. The Morgan fingerprint density at radius 1 is 1.03 bits per heavy atom. The number of anilines is 1. The summed E-state index contributed by atoms with van der Waals surface area (Å²) in [4.78, 5) is 16.9. The minimum absolute atomic E-state index is 0.102. The van der Waals surface area contributed by atoms with Gasteiger partial charge in [-0.2, -0.15) is 0 Å². The van der Waals surface area contributed by atoms with Gasteiger partial charge in [0.15, 0.2) is 5.76 Å². The maximum atomic E-state index is 12.8.